The summed E-state index contributed by atoms with van der Waals surface area (Å²) in [5.74, 6) is -0.609. The van der Waals surface area contributed by atoms with Crippen molar-refractivity contribution in [2.75, 3.05) is 6.61 Å². The maximum absolute atomic E-state index is 13.3. The molecule has 5 nitrogen and oxygen atoms in total. The van der Waals surface area contributed by atoms with Crippen LogP contribution in [0.2, 0.25) is 0 Å². The molecule has 2 aliphatic rings. The molecule has 0 bridgehead atoms. The zero-order valence-electron chi connectivity index (χ0n) is 18.4. The van der Waals surface area contributed by atoms with Crippen LogP contribution in [0.4, 0.5) is 0 Å². The molecule has 1 amide bonds. The average Bonchev–Trinajstić information content (AvgIpc) is 3.07. The number of benzene rings is 2. The Morgan fingerprint density at radius 1 is 1.12 bits per heavy atom. The van der Waals surface area contributed by atoms with Crippen molar-refractivity contribution in [2.24, 2.45) is 0 Å². The Hall–Kier alpha value is -2.60. The van der Waals surface area contributed by atoms with E-state index in [2.05, 4.69) is 15.9 Å². The van der Waals surface area contributed by atoms with Crippen LogP contribution in [0.25, 0.3) is 5.76 Å². The van der Waals surface area contributed by atoms with Gasteiger partial charge in [0, 0.05) is 16.1 Å². The first kappa shape index (κ1) is 22.6. The van der Waals surface area contributed by atoms with Crippen LogP contribution >= 0.6 is 15.9 Å². The standard InChI is InChI=1S/C26H28BrNO4/c1-3-32-20-11-7-8-17(15-20)23-22(24(29)18-12-13-21(27)16(2)14-18)25(30)26(31)28(23)19-9-5-4-6-10-19/h7-8,11-15,19,23,29H,3-6,9-10H2,1-2H3/b24-22-. The van der Waals surface area contributed by atoms with Crippen LogP contribution in [0.1, 0.15) is 61.8 Å². The lowest BCUT2D eigenvalue weighted by Gasteiger charge is -2.35. The van der Waals surface area contributed by atoms with Gasteiger partial charge in [0.1, 0.15) is 11.5 Å². The summed E-state index contributed by atoms with van der Waals surface area (Å²) in [7, 11) is 0. The number of aliphatic hydroxyl groups is 1. The quantitative estimate of drug-likeness (QED) is 0.316. The third-order valence-corrected chi connectivity index (χ3v) is 7.25. The van der Waals surface area contributed by atoms with Crippen molar-refractivity contribution in [3.05, 3.63) is 69.2 Å². The average molecular weight is 498 g/mol. The molecule has 0 spiro atoms. The molecular formula is C26H28BrNO4. The van der Waals surface area contributed by atoms with Gasteiger partial charge in [-0.2, -0.15) is 0 Å². The van der Waals surface area contributed by atoms with E-state index >= 15 is 0 Å². The lowest BCUT2D eigenvalue weighted by molar-refractivity contribution is -0.141. The van der Waals surface area contributed by atoms with Crippen molar-refractivity contribution in [1.29, 1.82) is 0 Å². The van der Waals surface area contributed by atoms with Crippen LogP contribution < -0.4 is 4.74 Å². The zero-order chi connectivity index (χ0) is 22.8. The first-order valence-corrected chi connectivity index (χ1v) is 12.0. The molecule has 1 saturated carbocycles. The minimum absolute atomic E-state index is 0.0158. The number of nitrogens with zero attached hydrogens (tertiary/aromatic N) is 1. The summed E-state index contributed by atoms with van der Waals surface area (Å²) in [4.78, 5) is 28.2. The van der Waals surface area contributed by atoms with E-state index < -0.39 is 17.7 Å². The van der Waals surface area contributed by atoms with Gasteiger partial charge in [0.05, 0.1) is 18.2 Å². The maximum Gasteiger partial charge on any atom is 0.295 e. The Labute approximate surface area is 197 Å². The molecule has 168 valence electrons. The molecule has 1 aliphatic heterocycles. The summed E-state index contributed by atoms with van der Waals surface area (Å²) in [5.41, 5.74) is 2.39. The Bertz CT molecular complexity index is 1070. The van der Waals surface area contributed by atoms with Gasteiger partial charge >= 0.3 is 0 Å². The van der Waals surface area contributed by atoms with Gasteiger partial charge in [0.2, 0.25) is 0 Å². The summed E-state index contributed by atoms with van der Waals surface area (Å²) in [6.07, 6.45) is 4.94. The number of carbonyl (C=O) groups excluding carboxylic acids is 2. The van der Waals surface area contributed by atoms with E-state index in [1.54, 1.807) is 11.0 Å². The SMILES string of the molecule is CCOc1cccc(C2/C(=C(/O)c3ccc(Br)c(C)c3)C(=O)C(=O)N2C2CCCCC2)c1. The molecule has 1 heterocycles. The van der Waals surface area contributed by atoms with Gasteiger partial charge in [0.15, 0.2) is 0 Å². The number of aryl methyl sites for hydroxylation is 1. The minimum Gasteiger partial charge on any atom is -0.507 e. The molecule has 4 rings (SSSR count). The predicted molar refractivity (Wildman–Crippen MR) is 128 cm³/mol. The van der Waals surface area contributed by atoms with Gasteiger partial charge in [-0.1, -0.05) is 53.4 Å². The third-order valence-electron chi connectivity index (χ3n) is 6.36. The van der Waals surface area contributed by atoms with Crippen LogP contribution in [-0.4, -0.2) is 34.3 Å². The Kier molecular flexibility index (Phi) is 6.70. The predicted octanol–water partition coefficient (Wildman–Crippen LogP) is 5.91. The summed E-state index contributed by atoms with van der Waals surface area (Å²) >= 11 is 3.48. The van der Waals surface area contributed by atoms with Gasteiger partial charge in [0.25, 0.3) is 11.7 Å². The summed E-state index contributed by atoms with van der Waals surface area (Å²) < 4.78 is 6.59. The van der Waals surface area contributed by atoms with Crippen molar-refractivity contribution in [2.45, 2.75) is 58.0 Å². The summed E-state index contributed by atoms with van der Waals surface area (Å²) in [6, 6.07) is 12.3. The van der Waals surface area contributed by atoms with Gasteiger partial charge in [-0.15, -0.1) is 0 Å². The van der Waals surface area contributed by atoms with E-state index in [0.29, 0.717) is 17.9 Å². The molecular weight excluding hydrogens is 470 g/mol. The van der Waals surface area contributed by atoms with Crippen molar-refractivity contribution >= 4 is 33.4 Å². The molecule has 6 heteroatoms. The van der Waals surface area contributed by atoms with Crippen LogP contribution in [0, 0.1) is 6.92 Å². The summed E-state index contributed by atoms with van der Waals surface area (Å²) in [5, 5.41) is 11.3. The van der Waals surface area contributed by atoms with E-state index in [4.69, 9.17) is 4.74 Å². The number of hydrogen-bond acceptors (Lipinski definition) is 4. The van der Waals surface area contributed by atoms with Gasteiger partial charge in [-0.3, -0.25) is 9.59 Å². The smallest absolute Gasteiger partial charge is 0.295 e. The number of hydrogen-bond donors (Lipinski definition) is 1. The fraction of sp³-hybridized carbons (Fsp3) is 0.385. The maximum atomic E-state index is 13.3. The number of carbonyl (C=O) groups is 2. The van der Waals surface area contributed by atoms with Crippen molar-refractivity contribution in [3.8, 4) is 5.75 Å². The monoisotopic (exact) mass is 497 g/mol. The van der Waals surface area contributed by atoms with Crippen LogP contribution in [-0.2, 0) is 9.59 Å². The number of aliphatic hydroxyl groups excluding tert-OH is 1. The Morgan fingerprint density at radius 3 is 2.56 bits per heavy atom. The normalized spacial score (nSPS) is 21.2. The number of rotatable bonds is 5. The highest BCUT2D eigenvalue weighted by molar-refractivity contribution is 9.10. The first-order chi connectivity index (χ1) is 15.4. The molecule has 1 aliphatic carbocycles. The topological polar surface area (TPSA) is 66.8 Å². The fourth-order valence-electron chi connectivity index (χ4n) is 4.80. The highest BCUT2D eigenvalue weighted by atomic mass is 79.9. The number of amides is 1. The minimum atomic E-state index is -0.637. The molecule has 2 aromatic rings. The molecule has 32 heavy (non-hydrogen) atoms. The molecule has 1 saturated heterocycles. The number of ether oxygens (including phenoxy) is 1. The van der Waals surface area contributed by atoms with E-state index in [-0.39, 0.29) is 17.4 Å². The molecule has 1 N–H and O–H groups in total. The fourth-order valence-corrected chi connectivity index (χ4v) is 5.05. The lowest BCUT2D eigenvalue weighted by Crippen LogP contribution is -2.40. The largest absolute Gasteiger partial charge is 0.507 e. The molecule has 0 aromatic heterocycles. The van der Waals surface area contributed by atoms with E-state index in [9.17, 15) is 14.7 Å². The molecule has 2 aromatic carbocycles. The number of ketones is 1. The first-order valence-electron chi connectivity index (χ1n) is 11.2. The lowest BCUT2D eigenvalue weighted by atomic mass is 9.90. The van der Waals surface area contributed by atoms with E-state index in [1.165, 1.54) is 0 Å². The van der Waals surface area contributed by atoms with Crippen LogP contribution in [0.5, 0.6) is 5.75 Å². The second-order valence-corrected chi connectivity index (χ2v) is 9.32. The zero-order valence-corrected chi connectivity index (χ0v) is 20.0. The van der Waals surface area contributed by atoms with Gasteiger partial charge in [-0.25, -0.2) is 0 Å². The number of halogens is 1. The second-order valence-electron chi connectivity index (χ2n) is 8.47. The second kappa shape index (κ2) is 9.49. The van der Waals surface area contributed by atoms with Crippen molar-refractivity contribution in [1.82, 2.24) is 4.90 Å². The highest BCUT2D eigenvalue weighted by Crippen LogP contribution is 2.43. The number of likely N-dealkylation sites (tertiary alicyclic amines) is 1. The van der Waals surface area contributed by atoms with E-state index in [0.717, 1.165) is 47.7 Å². The van der Waals surface area contributed by atoms with Crippen molar-refractivity contribution < 1.29 is 19.4 Å². The highest BCUT2D eigenvalue weighted by Gasteiger charge is 2.49. The third kappa shape index (κ3) is 4.20. The summed E-state index contributed by atoms with van der Waals surface area (Å²) in [6.45, 7) is 4.35. The molecule has 1 atom stereocenters. The van der Waals surface area contributed by atoms with Gasteiger partial charge < -0.3 is 14.7 Å². The van der Waals surface area contributed by atoms with Crippen LogP contribution in [0.15, 0.2) is 52.5 Å². The number of Topliss-reactive ketones (excluding diaryl/α,β-unsaturated/α-hetero) is 1. The Balaban J connectivity index is 1.88. The molecule has 2 fully saturated rings. The molecule has 0 radical (unpaired) electrons. The Morgan fingerprint density at radius 2 is 1.88 bits per heavy atom. The van der Waals surface area contributed by atoms with Crippen molar-refractivity contribution in [3.63, 3.8) is 0 Å². The van der Waals surface area contributed by atoms with E-state index in [1.807, 2.05) is 50.2 Å². The van der Waals surface area contributed by atoms with Crippen LogP contribution in [0.3, 0.4) is 0 Å². The van der Waals surface area contributed by atoms with Gasteiger partial charge in [-0.05, 0) is 62.1 Å². The molecule has 1 unspecified atom stereocenters.